The van der Waals surface area contributed by atoms with Crippen molar-refractivity contribution in [2.24, 2.45) is 0 Å². The number of hydrogen-bond donors (Lipinski definition) is 2. The smallest absolute Gasteiger partial charge is 0.221 e. The highest BCUT2D eigenvalue weighted by atomic mass is 35.5. The zero-order valence-corrected chi connectivity index (χ0v) is 12.0. The highest BCUT2D eigenvalue weighted by Crippen LogP contribution is 2.21. The van der Waals surface area contributed by atoms with Crippen LogP contribution in [0.5, 0.6) is 0 Å². The van der Waals surface area contributed by atoms with Gasteiger partial charge in [0.05, 0.1) is 15.7 Å². The maximum atomic E-state index is 12.0. The lowest BCUT2D eigenvalue weighted by atomic mass is 10.3. The Labute approximate surface area is 114 Å². The van der Waals surface area contributed by atoms with Crippen LogP contribution < -0.4 is 11.1 Å². The monoisotopic (exact) mass is 288 g/mol. The van der Waals surface area contributed by atoms with Crippen LogP contribution in [0.3, 0.4) is 0 Å². The lowest BCUT2D eigenvalue weighted by Gasteiger charge is -2.09. The van der Waals surface area contributed by atoms with Crippen LogP contribution in [-0.4, -0.2) is 21.9 Å². The van der Waals surface area contributed by atoms with Crippen LogP contribution in [0.15, 0.2) is 23.1 Å². The second kappa shape index (κ2) is 6.75. The van der Waals surface area contributed by atoms with E-state index in [2.05, 4.69) is 5.32 Å². The Bertz CT molecular complexity index is 463. The first kappa shape index (κ1) is 15.0. The van der Waals surface area contributed by atoms with Gasteiger partial charge in [-0.05, 0) is 32.0 Å². The average Bonchev–Trinajstić information content (AvgIpc) is 2.25. The second-order valence-electron chi connectivity index (χ2n) is 4.20. The molecule has 0 aliphatic heterocycles. The van der Waals surface area contributed by atoms with Crippen LogP contribution in [0, 0.1) is 0 Å². The zero-order valence-electron chi connectivity index (χ0n) is 10.4. The van der Waals surface area contributed by atoms with Crippen LogP contribution in [0.1, 0.15) is 20.3 Å². The minimum atomic E-state index is -1.28. The van der Waals surface area contributed by atoms with Crippen LogP contribution in [0.25, 0.3) is 0 Å². The fourth-order valence-electron chi connectivity index (χ4n) is 1.42. The predicted molar refractivity (Wildman–Crippen MR) is 75.0 cm³/mol. The number of anilines is 1. The number of halogens is 1. The van der Waals surface area contributed by atoms with Crippen LogP contribution >= 0.6 is 11.6 Å². The molecular formula is C12H17ClN2O2S. The van der Waals surface area contributed by atoms with Crippen molar-refractivity contribution < 1.29 is 9.00 Å². The molecule has 1 atom stereocenters. The molecule has 0 spiro atoms. The van der Waals surface area contributed by atoms with E-state index in [-0.39, 0.29) is 24.1 Å². The molecule has 1 rings (SSSR count). The molecule has 1 unspecified atom stereocenters. The molecule has 100 valence electrons. The normalized spacial score (nSPS) is 12.4. The van der Waals surface area contributed by atoms with Gasteiger partial charge in [0.25, 0.3) is 0 Å². The van der Waals surface area contributed by atoms with Crippen molar-refractivity contribution in [3.63, 3.8) is 0 Å². The summed E-state index contributed by atoms with van der Waals surface area (Å²) in [7, 11) is -1.28. The number of hydrogen-bond acceptors (Lipinski definition) is 3. The second-order valence-corrected chi connectivity index (χ2v) is 6.18. The Kier molecular flexibility index (Phi) is 5.62. The van der Waals surface area contributed by atoms with Gasteiger partial charge in [0, 0.05) is 28.9 Å². The fourth-order valence-corrected chi connectivity index (χ4v) is 2.73. The van der Waals surface area contributed by atoms with E-state index in [0.717, 1.165) is 0 Å². The van der Waals surface area contributed by atoms with Crippen LogP contribution in [0.2, 0.25) is 5.02 Å². The van der Waals surface area contributed by atoms with Gasteiger partial charge in [-0.3, -0.25) is 9.00 Å². The number of carbonyl (C=O) groups excluding carboxylic acids is 1. The van der Waals surface area contributed by atoms with Crippen LogP contribution in [0.4, 0.5) is 5.69 Å². The molecule has 0 heterocycles. The van der Waals surface area contributed by atoms with Crippen molar-refractivity contribution in [1.82, 2.24) is 5.32 Å². The minimum absolute atomic E-state index is 0.0894. The third kappa shape index (κ3) is 4.66. The first-order chi connectivity index (χ1) is 8.40. The van der Waals surface area contributed by atoms with Gasteiger partial charge in [-0.15, -0.1) is 0 Å². The Morgan fingerprint density at radius 3 is 2.72 bits per heavy atom. The summed E-state index contributed by atoms with van der Waals surface area (Å²) in [6.07, 6.45) is 0.215. The van der Waals surface area contributed by atoms with Crippen molar-refractivity contribution in [2.45, 2.75) is 31.2 Å². The number of amides is 1. The standard InChI is InChI=1S/C12H17ClN2O2S/c1-8(2)15-12(16)5-6-18(17)11-4-3-9(13)7-10(11)14/h3-4,7-8H,5-6,14H2,1-2H3,(H,15,16). The molecule has 0 aromatic heterocycles. The third-order valence-corrected chi connectivity index (χ3v) is 3.85. The van der Waals surface area contributed by atoms with Gasteiger partial charge in [0.2, 0.25) is 5.91 Å². The number of nitrogen functional groups attached to an aromatic ring is 1. The van der Waals surface area contributed by atoms with Crippen molar-refractivity contribution in [3.8, 4) is 0 Å². The molecule has 1 aromatic rings. The molecular weight excluding hydrogens is 272 g/mol. The Balaban J connectivity index is 2.58. The van der Waals surface area contributed by atoms with E-state index in [0.29, 0.717) is 15.6 Å². The van der Waals surface area contributed by atoms with Gasteiger partial charge < -0.3 is 11.1 Å². The van der Waals surface area contributed by atoms with Gasteiger partial charge in [0.15, 0.2) is 0 Å². The summed E-state index contributed by atoms with van der Waals surface area (Å²) >= 11 is 5.76. The summed E-state index contributed by atoms with van der Waals surface area (Å²) < 4.78 is 12.0. The first-order valence-electron chi connectivity index (χ1n) is 5.63. The summed E-state index contributed by atoms with van der Waals surface area (Å²) in [6.45, 7) is 3.76. The SMILES string of the molecule is CC(C)NC(=O)CCS(=O)c1ccc(Cl)cc1N. The highest BCUT2D eigenvalue weighted by Gasteiger charge is 2.11. The van der Waals surface area contributed by atoms with E-state index in [1.165, 1.54) is 0 Å². The van der Waals surface area contributed by atoms with E-state index in [1.807, 2.05) is 13.8 Å². The van der Waals surface area contributed by atoms with Crippen molar-refractivity contribution in [1.29, 1.82) is 0 Å². The summed E-state index contributed by atoms with van der Waals surface area (Å²) in [5.41, 5.74) is 6.12. The number of benzene rings is 1. The van der Waals surface area contributed by atoms with E-state index in [4.69, 9.17) is 17.3 Å². The average molecular weight is 289 g/mol. The van der Waals surface area contributed by atoms with E-state index >= 15 is 0 Å². The zero-order chi connectivity index (χ0) is 13.7. The minimum Gasteiger partial charge on any atom is -0.398 e. The summed E-state index contributed by atoms with van der Waals surface area (Å²) in [5.74, 6) is 0.149. The maximum Gasteiger partial charge on any atom is 0.221 e. The molecule has 6 heteroatoms. The molecule has 3 N–H and O–H groups in total. The van der Waals surface area contributed by atoms with E-state index in [9.17, 15) is 9.00 Å². The predicted octanol–water partition coefficient (Wildman–Crippen LogP) is 1.94. The molecule has 0 saturated carbocycles. The van der Waals surface area contributed by atoms with Gasteiger partial charge in [-0.1, -0.05) is 11.6 Å². The number of carbonyl (C=O) groups is 1. The first-order valence-corrected chi connectivity index (χ1v) is 7.32. The molecule has 18 heavy (non-hydrogen) atoms. The topological polar surface area (TPSA) is 72.2 Å². The van der Waals surface area contributed by atoms with Crippen molar-refractivity contribution in [3.05, 3.63) is 23.2 Å². The number of nitrogens with two attached hydrogens (primary N) is 1. The lowest BCUT2D eigenvalue weighted by Crippen LogP contribution is -2.30. The molecule has 0 aliphatic rings. The quantitative estimate of drug-likeness (QED) is 0.814. The maximum absolute atomic E-state index is 12.0. The molecule has 0 bridgehead atoms. The number of nitrogens with one attached hydrogen (secondary N) is 1. The fraction of sp³-hybridized carbons (Fsp3) is 0.417. The summed E-state index contributed by atoms with van der Waals surface area (Å²) in [4.78, 5) is 12.0. The van der Waals surface area contributed by atoms with E-state index in [1.54, 1.807) is 18.2 Å². The molecule has 0 saturated heterocycles. The van der Waals surface area contributed by atoms with Crippen molar-refractivity contribution in [2.75, 3.05) is 11.5 Å². The Morgan fingerprint density at radius 1 is 1.50 bits per heavy atom. The highest BCUT2D eigenvalue weighted by molar-refractivity contribution is 7.85. The molecule has 0 radical (unpaired) electrons. The molecule has 0 fully saturated rings. The molecule has 0 aliphatic carbocycles. The number of rotatable bonds is 5. The largest absolute Gasteiger partial charge is 0.398 e. The lowest BCUT2D eigenvalue weighted by molar-refractivity contribution is -0.121. The van der Waals surface area contributed by atoms with Crippen molar-refractivity contribution >= 4 is 34.0 Å². The Morgan fingerprint density at radius 2 is 2.17 bits per heavy atom. The van der Waals surface area contributed by atoms with Gasteiger partial charge in [0.1, 0.15) is 0 Å². The van der Waals surface area contributed by atoms with Gasteiger partial charge >= 0.3 is 0 Å². The third-order valence-electron chi connectivity index (χ3n) is 2.18. The van der Waals surface area contributed by atoms with Gasteiger partial charge in [-0.2, -0.15) is 0 Å². The van der Waals surface area contributed by atoms with E-state index < -0.39 is 10.8 Å². The summed E-state index contributed by atoms with van der Waals surface area (Å²) in [6, 6.07) is 4.92. The Hall–Kier alpha value is -1.07. The molecule has 1 aromatic carbocycles. The molecule has 1 amide bonds. The van der Waals surface area contributed by atoms with Gasteiger partial charge in [-0.25, -0.2) is 0 Å². The summed E-state index contributed by atoms with van der Waals surface area (Å²) in [5, 5.41) is 3.25. The molecule has 4 nitrogen and oxygen atoms in total. The van der Waals surface area contributed by atoms with Crippen LogP contribution in [-0.2, 0) is 15.6 Å².